The molecule has 0 radical (unpaired) electrons. The molecule has 0 bridgehead atoms. The van der Waals surface area contributed by atoms with Crippen molar-refractivity contribution in [3.63, 3.8) is 0 Å². The Bertz CT molecular complexity index is 1160. The fourth-order valence-corrected chi connectivity index (χ4v) is 3.73. The van der Waals surface area contributed by atoms with Gasteiger partial charge in [-0.3, -0.25) is 4.79 Å². The number of fused-ring (bicyclic) bond motifs is 1. The minimum atomic E-state index is 0.0833. The van der Waals surface area contributed by atoms with Gasteiger partial charge in [-0.1, -0.05) is 36.4 Å². The Morgan fingerprint density at radius 2 is 1.74 bits per heavy atom. The monoisotopic (exact) mass is 358 g/mol. The van der Waals surface area contributed by atoms with Gasteiger partial charge in [0, 0.05) is 27.7 Å². The molecule has 2 aromatic carbocycles. The number of nitrogens with zero attached hydrogens (tertiary/aromatic N) is 2. The summed E-state index contributed by atoms with van der Waals surface area (Å²) < 4.78 is 8.12. The number of oxazole rings is 1. The molecule has 4 aromatic rings. The second kappa shape index (κ2) is 6.54. The summed E-state index contributed by atoms with van der Waals surface area (Å²) in [7, 11) is 0. The molecule has 0 spiro atoms. The van der Waals surface area contributed by atoms with Gasteiger partial charge in [-0.25, -0.2) is 4.98 Å². The van der Waals surface area contributed by atoms with Crippen LogP contribution >= 0.6 is 0 Å². The molecular formula is C23H22N2O2. The van der Waals surface area contributed by atoms with E-state index in [4.69, 9.17) is 9.40 Å². The van der Waals surface area contributed by atoms with Gasteiger partial charge < -0.3 is 8.98 Å². The lowest BCUT2D eigenvalue weighted by molar-refractivity contribution is 0.101. The van der Waals surface area contributed by atoms with Crippen LogP contribution in [0.5, 0.6) is 0 Å². The van der Waals surface area contributed by atoms with Crippen molar-refractivity contribution in [2.45, 2.75) is 34.2 Å². The van der Waals surface area contributed by atoms with Crippen LogP contribution in [0.25, 0.3) is 22.4 Å². The zero-order valence-corrected chi connectivity index (χ0v) is 16.0. The van der Waals surface area contributed by atoms with E-state index in [-0.39, 0.29) is 5.78 Å². The third kappa shape index (κ3) is 2.87. The zero-order valence-electron chi connectivity index (χ0n) is 16.0. The molecular weight excluding hydrogens is 336 g/mol. The van der Waals surface area contributed by atoms with Gasteiger partial charge >= 0.3 is 0 Å². The summed E-state index contributed by atoms with van der Waals surface area (Å²) in [5, 5.41) is 0.989. The third-order valence-electron chi connectivity index (χ3n) is 5.16. The Balaban J connectivity index is 1.81. The molecule has 4 heteroatoms. The van der Waals surface area contributed by atoms with Crippen LogP contribution in [0.2, 0.25) is 0 Å². The van der Waals surface area contributed by atoms with Crippen molar-refractivity contribution in [2.75, 3.05) is 0 Å². The number of hydrogen-bond donors (Lipinski definition) is 0. The maximum atomic E-state index is 12.2. The van der Waals surface area contributed by atoms with Gasteiger partial charge in [-0.05, 0) is 45.4 Å². The van der Waals surface area contributed by atoms with E-state index in [0.717, 1.165) is 44.7 Å². The first-order valence-corrected chi connectivity index (χ1v) is 9.08. The summed E-state index contributed by atoms with van der Waals surface area (Å²) in [5.74, 6) is 1.52. The van der Waals surface area contributed by atoms with E-state index in [1.165, 1.54) is 0 Å². The predicted molar refractivity (Wildman–Crippen MR) is 107 cm³/mol. The first-order chi connectivity index (χ1) is 13.0. The minimum Gasteiger partial charge on any atom is -0.441 e. The van der Waals surface area contributed by atoms with Crippen LogP contribution in [-0.2, 0) is 6.54 Å². The van der Waals surface area contributed by atoms with E-state index in [9.17, 15) is 4.79 Å². The summed E-state index contributed by atoms with van der Waals surface area (Å²) in [6, 6.07) is 16.1. The van der Waals surface area contributed by atoms with Gasteiger partial charge in [0.05, 0.1) is 6.54 Å². The number of aryl methyl sites for hydroxylation is 2. The molecule has 4 nitrogen and oxygen atoms in total. The number of para-hydroxylation sites is 1. The molecule has 0 aliphatic heterocycles. The van der Waals surface area contributed by atoms with Gasteiger partial charge in [-0.2, -0.15) is 0 Å². The van der Waals surface area contributed by atoms with Crippen LogP contribution in [0.15, 0.2) is 52.9 Å². The molecule has 2 aromatic heterocycles. The average Bonchev–Trinajstić information content (AvgIpc) is 3.14. The molecule has 2 heterocycles. The molecule has 0 amide bonds. The van der Waals surface area contributed by atoms with E-state index >= 15 is 0 Å². The van der Waals surface area contributed by atoms with Crippen LogP contribution in [0.4, 0.5) is 0 Å². The van der Waals surface area contributed by atoms with Crippen LogP contribution in [0.1, 0.15) is 40.0 Å². The molecule has 0 unspecified atom stereocenters. The van der Waals surface area contributed by atoms with Crippen molar-refractivity contribution in [3.8, 4) is 11.5 Å². The molecule has 0 aliphatic carbocycles. The highest BCUT2D eigenvalue weighted by molar-refractivity contribution is 6.08. The van der Waals surface area contributed by atoms with E-state index < -0.39 is 0 Å². The van der Waals surface area contributed by atoms with Crippen molar-refractivity contribution < 1.29 is 9.21 Å². The highest BCUT2D eigenvalue weighted by atomic mass is 16.4. The SMILES string of the molecule is CC(=O)c1c(C)n(Cc2nc(-c3ccccc3C)oc2C)c2ccccc12. The van der Waals surface area contributed by atoms with E-state index in [2.05, 4.69) is 17.6 Å². The highest BCUT2D eigenvalue weighted by Crippen LogP contribution is 2.29. The third-order valence-corrected chi connectivity index (χ3v) is 5.16. The number of hydrogen-bond acceptors (Lipinski definition) is 3. The second-order valence-corrected chi connectivity index (χ2v) is 6.96. The number of ketones is 1. The van der Waals surface area contributed by atoms with Gasteiger partial charge in [0.2, 0.25) is 5.89 Å². The van der Waals surface area contributed by atoms with Crippen molar-refractivity contribution in [1.82, 2.24) is 9.55 Å². The van der Waals surface area contributed by atoms with Gasteiger partial charge in [0.1, 0.15) is 11.5 Å². The first-order valence-electron chi connectivity index (χ1n) is 9.08. The normalized spacial score (nSPS) is 11.3. The van der Waals surface area contributed by atoms with E-state index in [0.29, 0.717) is 12.4 Å². The summed E-state index contributed by atoms with van der Waals surface area (Å²) in [6.07, 6.45) is 0. The molecule has 4 rings (SSSR count). The quantitative estimate of drug-likeness (QED) is 0.454. The van der Waals surface area contributed by atoms with Crippen LogP contribution in [-0.4, -0.2) is 15.3 Å². The lowest BCUT2D eigenvalue weighted by atomic mass is 10.1. The lowest BCUT2D eigenvalue weighted by Crippen LogP contribution is -2.05. The molecule has 0 atom stereocenters. The lowest BCUT2D eigenvalue weighted by Gasteiger charge is -2.07. The Morgan fingerprint density at radius 3 is 2.48 bits per heavy atom. The van der Waals surface area contributed by atoms with E-state index in [1.807, 2.05) is 56.3 Å². The number of carbonyl (C=O) groups excluding carboxylic acids is 1. The fourth-order valence-electron chi connectivity index (χ4n) is 3.73. The highest BCUT2D eigenvalue weighted by Gasteiger charge is 2.19. The van der Waals surface area contributed by atoms with Gasteiger partial charge in [0.15, 0.2) is 5.78 Å². The fraction of sp³-hybridized carbons (Fsp3) is 0.217. The summed E-state index contributed by atoms with van der Waals surface area (Å²) in [4.78, 5) is 17.0. The maximum absolute atomic E-state index is 12.2. The van der Waals surface area contributed by atoms with Gasteiger partial charge in [-0.15, -0.1) is 0 Å². The topological polar surface area (TPSA) is 48.0 Å². The average molecular weight is 358 g/mol. The van der Waals surface area contributed by atoms with Crippen molar-refractivity contribution >= 4 is 16.7 Å². The number of Topliss-reactive ketones (excluding diaryl/α,β-unsaturated/α-hetero) is 1. The van der Waals surface area contributed by atoms with Crippen molar-refractivity contribution in [2.24, 2.45) is 0 Å². The Labute approximate surface area is 158 Å². The maximum Gasteiger partial charge on any atom is 0.226 e. The Morgan fingerprint density at radius 1 is 1.04 bits per heavy atom. The molecule has 27 heavy (non-hydrogen) atoms. The van der Waals surface area contributed by atoms with Crippen molar-refractivity contribution in [1.29, 1.82) is 0 Å². The van der Waals surface area contributed by atoms with Crippen molar-refractivity contribution in [3.05, 3.63) is 76.8 Å². The minimum absolute atomic E-state index is 0.0833. The molecule has 0 aliphatic rings. The first kappa shape index (κ1) is 17.3. The van der Waals surface area contributed by atoms with Crippen LogP contribution < -0.4 is 0 Å². The smallest absolute Gasteiger partial charge is 0.226 e. The van der Waals surface area contributed by atoms with E-state index in [1.54, 1.807) is 6.92 Å². The zero-order chi connectivity index (χ0) is 19.1. The number of aromatic nitrogens is 2. The molecule has 0 fully saturated rings. The molecule has 0 saturated carbocycles. The largest absolute Gasteiger partial charge is 0.441 e. The Kier molecular flexibility index (Phi) is 4.19. The Hall–Kier alpha value is -3.14. The summed E-state index contributed by atoms with van der Waals surface area (Å²) in [6.45, 7) is 8.18. The summed E-state index contributed by atoms with van der Waals surface area (Å²) in [5.41, 5.74) is 5.80. The standard InChI is InChI=1S/C23H22N2O2/c1-14-9-5-6-10-18(14)23-24-20(17(4)27-23)13-25-15(2)22(16(3)26)19-11-7-8-12-21(19)25/h5-12H,13H2,1-4H3. The second-order valence-electron chi connectivity index (χ2n) is 6.96. The van der Waals surface area contributed by atoms with Gasteiger partial charge in [0.25, 0.3) is 0 Å². The number of rotatable bonds is 4. The molecule has 0 N–H and O–H groups in total. The summed E-state index contributed by atoms with van der Waals surface area (Å²) >= 11 is 0. The number of benzene rings is 2. The van der Waals surface area contributed by atoms with Crippen LogP contribution in [0, 0.1) is 20.8 Å². The predicted octanol–water partition coefficient (Wildman–Crippen LogP) is 5.47. The molecule has 136 valence electrons. The number of carbonyl (C=O) groups is 1. The van der Waals surface area contributed by atoms with Crippen LogP contribution in [0.3, 0.4) is 0 Å². The molecule has 0 saturated heterocycles.